The number of nitrogens with one attached hydrogen (secondary N) is 1. The number of rotatable bonds is 5. The second kappa shape index (κ2) is 8.29. The highest BCUT2D eigenvalue weighted by atomic mass is 35.5. The fourth-order valence-corrected chi connectivity index (χ4v) is 2.47. The van der Waals surface area contributed by atoms with Crippen LogP contribution in [0.2, 0.25) is 5.02 Å². The number of esters is 1. The number of hydrogen-bond acceptors (Lipinski definition) is 6. The number of halogens is 1. The second-order valence-corrected chi connectivity index (χ2v) is 5.75. The molecule has 0 radical (unpaired) electrons. The van der Waals surface area contributed by atoms with Gasteiger partial charge in [-0.05, 0) is 42.5 Å². The number of furan rings is 1. The van der Waals surface area contributed by atoms with Crippen LogP contribution in [0.15, 0.2) is 64.4 Å². The van der Waals surface area contributed by atoms with Crippen molar-refractivity contribution in [2.45, 2.75) is 0 Å². The van der Waals surface area contributed by atoms with E-state index >= 15 is 0 Å². The number of hydrogen-bond donors (Lipinski definition) is 1. The lowest BCUT2D eigenvalue weighted by Gasteiger charge is -2.06. The molecule has 136 valence electrons. The van der Waals surface area contributed by atoms with Gasteiger partial charge in [-0.2, -0.15) is 5.10 Å². The lowest BCUT2D eigenvalue weighted by Crippen LogP contribution is -2.17. The summed E-state index contributed by atoms with van der Waals surface area (Å²) in [6, 6.07) is 11.2. The molecular formula is C19H14ClN3O4. The van der Waals surface area contributed by atoms with Crippen LogP contribution in [0.1, 0.15) is 26.5 Å². The summed E-state index contributed by atoms with van der Waals surface area (Å²) < 4.78 is 10.4. The Balaban J connectivity index is 1.77. The maximum atomic E-state index is 11.9. The van der Waals surface area contributed by atoms with Gasteiger partial charge in [-0.3, -0.25) is 9.78 Å². The van der Waals surface area contributed by atoms with Crippen LogP contribution in [0.3, 0.4) is 0 Å². The summed E-state index contributed by atoms with van der Waals surface area (Å²) in [5, 5.41) is 4.31. The summed E-state index contributed by atoms with van der Waals surface area (Å²) in [6.07, 6.45) is 4.38. The molecule has 0 atom stereocenters. The van der Waals surface area contributed by atoms with Gasteiger partial charge in [-0.15, -0.1) is 0 Å². The minimum atomic E-state index is -0.502. The Morgan fingerprint density at radius 1 is 1.19 bits per heavy atom. The summed E-state index contributed by atoms with van der Waals surface area (Å²) >= 11 is 6.03. The molecule has 0 unspecified atom stereocenters. The third kappa shape index (κ3) is 4.39. The topological polar surface area (TPSA) is 93.8 Å². The Bertz CT molecular complexity index is 999. The summed E-state index contributed by atoms with van der Waals surface area (Å²) in [5.74, 6) is -0.0724. The number of aromatic nitrogens is 1. The van der Waals surface area contributed by atoms with Crippen molar-refractivity contribution < 1.29 is 18.7 Å². The van der Waals surface area contributed by atoms with E-state index in [4.69, 9.17) is 20.8 Å². The van der Waals surface area contributed by atoms with Gasteiger partial charge in [0.05, 0.1) is 18.9 Å². The summed E-state index contributed by atoms with van der Waals surface area (Å²) in [7, 11) is 1.30. The molecule has 0 saturated carbocycles. The number of methoxy groups -OCH3 is 1. The van der Waals surface area contributed by atoms with Crippen molar-refractivity contribution in [2.24, 2.45) is 5.10 Å². The van der Waals surface area contributed by atoms with Crippen LogP contribution in [0.4, 0.5) is 0 Å². The fourth-order valence-electron chi connectivity index (χ4n) is 2.30. The number of ether oxygens (including phenoxy) is 1. The first-order chi connectivity index (χ1) is 13.1. The summed E-state index contributed by atoms with van der Waals surface area (Å²) in [6.45, 7) is 0. The molecule has 7 nitrogen and oxygen atoms in total. The smallest absolute Gasteiger partial charge is 0.338 e. The summed E-state index contributed by atoms with van der Waals surface area (Å²) in [5.41, 5.74) is 3.65. The van der Waals surface area contributed by atoms with Crippen molar-refractivity contribution >= 4 is 29.7 Å². The largest absolute Gasteiger partial charge is 0.465 e. The van der Waals surface area contributed by atoms with Gasteiger partial charge in [0.15, 0.2) is 0 Å². The lowest BCUT2D eigenvalue weighted by molar-refractivity contribution is 0.0601. The molecule has 0 aliphatic carbocycles. The highest BCUT2D eigenvalue weighted by Crippen LogP contribution is 2.29. The Morgan fingerprint density at radius 2 is 1.96 bits per heavy atom. The van der Waals surface area contributed by atoms with Crippen molar-refractivity contribution in [3.05, 3.63) is 76.8 Å². The van der Waals surface area contributed by atoms with Gasteiger partial charge in [0.1, 0.15) is 11.5 Å². The zero-order valence-corrected chi connectivity index (χ0v) is 14.9. The molecular weight excluding hydrogens is 370 g/mol. The SMILES string of the molecule is COC(=O)c1ccc(Cl)cc1-c1ccc(/C=N\NC(=O)c2ccncc2)o1. The lowest BCUT2D eigenvalue weighted by atomic mass is 10.1. The molecule has 2 aromatic heterocycles. The number of pyridine rings is 1. The highest BCUT2D eigenvalue weighted by molar-refractivity contribution is 6.31. The van der Waals surface area contributed by atoms with E-state index in [2.05, 4.69) is 15.5 Å². The van der Waals surface area contributed by atoms with E-state index in [0.717, 1.165) is 0 Å². The molecule has 0 spiro atoms. The molecule has 1 N–H and O–H groups in total. The first kappa shape index (κ1) is 18.3. The number of carbonyl (C=O) groups excluding carboxylic acids is 2. The van der Waals surface area contributed by atoms with E-state index in [9.17, 15) is 9.59 Å². The molecule has 0 saturated heterocycles. The van der Waals surface area contributed by atoms with Crippen LogP contribution in [0.25, 0.3) is 11.3 Å². The third-order valence-corrected chi connectivity index (χ3v) is 3.81. The number of amides is 1. The van der Waals surface area contributed by atoms with E-state index in [0.29, 0.717) is 33.2 Å². The van der Waals surface area contributed by atoms with Gasteiger partial charge >= 0.3 is 5.97 Å². The average molecular weight is 384 g/mol. The molecule has 3 rings (SSSR count). The average Bonchev–Trinajstić information content (AvgIpc) is 3.16. The normalized spacial score (nSPS) is 10.7. The first-order valence-electron chi connectivity index (χ1n) is 7.80. The van der Waals surface area contributed by atoms with E-state index in [1.165, 1.54) is 25.7 Å². The number of hydrazone groups is 1. The monoisotopic (exact) mass is 383 g/mol. The van der Waals surface area contributed by atoms with Crippen LogP contribution in [0.5, 0.6) is 0 Å². The predicted molar refractivity (Wildman–Crippen MR) is 99.8 cm³/mol. The van der Waals surface area contributed by atoms with Crippen LogP contribution in [-0.2, 0) is 4.74 Å². The predicted octanol–water partition coefficient (Wildman–Crippen LogP) is 3.55. The van der Waals surface area contributed by atoms with Crippen LogP contribution in [0, 0.1) is 0 Å². The minimum Gasteiger partial charge on any atom is -0.465 e. The van der Waals surface area contributed by atoms with E-state index in [1.54, 1.807) is 42.5 Å². The van der Waals surface area contributed by atoms with Gasteiger partial charge in [0.25, 0.3) is 5.91 Å². The first-order valence-corrected chi connectivity index (χ1v) is 8.18. The molecule has 3 aromatic rings. The second-order valence-electron chi connectivity index (χ2n) is 5.32. The van der Waals surface area contributed by atoms with Crippen molar-refractivity contribution in [1.29, 1.82) is 0 Å². The molecule has 2 heterocycles. The molecule has 1 aromatic carbocycles. The zero-order valence-electron chi connectivity index (χ0n) is 14.2. The number of carbonyl (C=O) groups is 2. The van der Waals surface area contributed by atoms with E-state index < -0.39 is 5.97 Å². The van der Waals surface area contributed by atoms with Gasteiger partial charge in [-0.25, -0.2) is 10.2 Å². The van der Waals surface area contributed by atoms with E-state index in [1.807, 2.05) is 0 Å². The van der Waals surface area contributed by atoms with Crippen LogP contribution in [-0.4, -0.2) is 30.2 Å². The van der Waals surface area contributed by atoms with Crippen molar-refractivity contribution in [1.82, 2.24) is 10.4 Å². The highest BCUT2D eigenvalue weighted by Gasteiger charge is 2.16. The molecule has 1 amide bonds. The van der Waals surface area contributed by atoms with Crippen molar-refractivity contribution in [3.8, 4) is 11.3 Å². The van der Waals surface area contributed by atoms with Crippen LogP contribution >= 0.6 is 11.6 Å². The number of nitrogens with zero attached hydrogens (tertiary/aromatic N) is 2. The Hall–Kier alpha value is -3.45. The van der Waals surface area contributed by atoms with E-state index in [-0.39, 0.29) is 5.91 Å². The maximum Gasteiger partial charge on any atom is 0.338 e. The van der Waals surface area contributed by atoms with Crippen molar-refractivity contribution in [3.63, 3.8) is 0 Å². The third-order valence-electron chi connectivity index (χ3n) is 3.58. The molecule has 0 fully saturated rings. The van der Waals surface area contributed by atoms with Gasteiger partial charge in [0, 0.05) is 28.5 Å². The number of benzene rings is 1. The van der Waals surface area contributed by atoms with Gasteiger partial charge in [0.2, 0.25) is 0 Å². The van der Waals surface area contributed by atoms with Gasteiger partial charge < -0.3 is 9.15 Å². The Labute approximate surface area is 159 Å². The van der Waals surface area contributed by atoms with Gasteiger partial charge in [-0.1, -0.05) is 11.6 Å². The Kier molecular flexibility index (Phi) is 5.63. The zero-order chi connectivity index (χ0) is 19.2. The molecule has 0 aliphatic rings. The quantitative estimate of drug-likeness (QED) is 0.413. The van der Waals surface area contributed by atoms with Crippen LogP contribution < -0.4 is 5.43 Å². The molecule has 27 heavy (non-hydrogen) atoms. The molecule has 0 bridgehead atoms. The maximum absolute atomic E-state index is 11.9. The van der Waals surface area contributed by atoms with Crippen molar-refractivity contribution in [2.75, 3.05) is 7.11 Å². The molecule has 8 heteroatoms. The Morgan fingerprint density at radius 3 is 2.70 bits per heavy atom. The summed E-state index contributed by atoms with van der Waals surface area (Å²) in [4.78, 5) is 27.7. The fraction of sp³-hybridized carbons (Fsp3) is 0.0526. The standard InChI is InChI=1S/C19H14ClN3O4/c1-26-19(25)15-4-2-13(20)10-16(15)17-5-3-14(27-17)11-22-23-18(24)12-6-8-21-9-7-12/h2-11H,1H3,(H,23,24)/b22-11-. The molecule has 0 aliphatic heterocycles. The minimum absolute atomic E-state index is 0.325.